The van der Waals surface area contributed by atoms with Gasteiger partial charge in [-0.2, -0.15) is 5.10 Å². The third-order valence-electron chi connectivity index (χ3n) is 4.32. The molecule has 8 heteroatoms. The lowest BCUT2D eigenvalue weighted by atomic mass is 10.0. The van der Waals surface area contributed by atoms with Gasteiger partial charge in [-0.3, -0.25) is 19.1 Å². The number of nitrogens with two attached hydrogens (primary N) is 1. The molecule has 0 aliphatic heterocycles. The van der Waals surface area contributed by atoms with E-state index >= 15 is 0 Å². The number of Topliss-reactive ketones (excluding diaryl/α,β-unsaturated/α-hetero) is 1. The molecule has 0 spiro atoms. The molecule has 2 aromatic carbocycles. The molecule has 1 aromatic heterocycles. The van der Waals surface area contributed by atoms with Crippen LogP contribution in [-0.4, -0.2) is 33.4 Å². The van der Waals surface area contributed by atoms with E-state index in [0.717, 1.165) is 5.56 Å². The Morgan fingerprint density at radius 1 is 1.14 bits per heavy atom. The summed E-state index contributed by atoms with van der Waals surface area (Å²) in [6.45, 7) is 0. The maximum atomic E-state index is 13.6. The first kappa shape index (κ1) is 19.9. The maximum Gasteiger partial charge on any atom is 0.287 e. The zero-order chi connectivity index (χ0) is 21.0. The van der Waals surface area contributed by atoms with E-state index in [4.69, 9.17) is 5.73 Å². The average Bonchev–Trinajstić information content (AvgIpc) is 3.09. The zero-order valence-electron chi connectivity index (χ0n) is 15.6. The quantitative estimate of drug-likeness (QED) is 0.594. The molecule has 3 aromatic rings. The standard InChI is InChI=1S/C21H19FN4O3/c1-26-12-16(18(25-26)14-8-5-9-15(22)11-14)21(29)24-17(19(27)20(23)28)10-13-6-3-2-4-7-13/h2-9,11-12,17H,10H2,1H3,(H2,23,28)(H,24,29). The fourth-order valence-corrected chi connectivity index (χ4v) is 2.97. The monoisotopic (exact) mass is 394 g/mol. The van der Waals surface area contributed by atoms with Gasteiger partial charge in [0.2, 0.25) is 5.78 Å². The fourth-order valence-electron chi connectivity index (χ4n) is 2.97. The van der Waals surface area contributed by atoms with Crippen LogP contribution < -0.4 is 11.1 Å². The number of hydrogen-bond acceptors (Lipinski definition) is 4. The molecule has 0 bridgehead atoms. The van der Waals surface area contributed by atoms with Gasteiger partial charge in [-0.15, -0.1) is 0 Å². The number of nitrogens with one attached hydrogen (secondary N) is 1. The Balaban J connectivity index is 1.90. The van der Waals surface area contributed by atoms with Gasteiger partial charge in [0.25, 0.3) is 11.8 Å². The van der Waals surface area contributed by atoms with Gasteiger partial charge < -0.3 is 11.1 Å². The SMILES string of the molecule is Cn1cc(C(=O)NC(Cc2ccccc2)C(=O)C(N)=O)c(-c2cccc(F)c2)n1. The second-order valence-electron chi connectivity index (χ2n) is 6.52. The number of primary amides is 1. The Labute approximate surface area is 166 Å². The molecule has 2 amide bonds. The Morgan fingerprint density at radius 3 is 2.52 bits per heavy atom. The third kappa shape index (κ3) is 4.73. The highest BCUT2D eigenvalue weighted by Crippen LogP contribution is 2.23. The number of amides is 2. The molecule has 0 radical (unpaired) electrons. The highest BCUT2D eigenvalue weighted by Gasteiger charge is 2.27. The van der Waals surface area contributed by atoms with E-state index in [2.05, 4.69) is 10.4 Å². The van der Waals surface area contributed by atoms with E-state index in [-0.39, 0.29) is 17.7 Å². The second-order valence-corrected chi connectivity index (χ2v) is 6.52. The van der Waals surface area contributed by atoms with Crippen molar-refractivity contribution in [1.82, 2.24) is 15.1 Å². The molecule has 1 atom stereocenters. The van der Waals surface area contributed by atoms with Crippen molar-refractivity contribution in [1.29, 1.82) is 0 Å². The summed E-state index contributed by atoms with van der Waals surface area (Å²) in [4.78, 5) is 36.6. The number of rotatable bonds is 7. The number of aromatic nitrogens is 2. The zero-order valence-corrected chi connectivity index (χ0v) is 15.6. The predicted molar refractivity (Wildman–Crippen MR) is 104 cm³/mol. The first-order valence-corrected chi connectivity index (χ1v) is 8.83. The molecule has 29 heavy (non-hydrogen) atoms. The van der Waals surface area contributed by atoms with E-state index in [1.807, 2.05) is 6.07 Å². The highest BCUT2D eigenvalue weighted by atomic mass is 19.1. The minimum Gasteiger partial charge on any atom is -0.363 e. The van der Waals surface area contributed by atoms with Crippen LogP contribution in [0.4, 0.5) is 4.39 Å². The molecule has 3 rings (SSSR count). The minimum absolute atomic E-state index is 0.101. The number of benzene rings is 2. The summed E-state index contributed by atoms with van der Waals surface area (Å²) in [6, 6.07) is 13.5. The molecule has 0 saturated carbocycles. The number of carbonyl (C=O) groups excluding carboxylic acids is 3. The van der Waals surface area contributed by atoms with Crippen molar-refractivity contribution in [2.24, 2.45) is 12.8 Å². The highest BCUT2D eigenvalue weighted by molar-refractivity contribution is 6.38. The molecule has 1 heterocycles. The van der Waals surface area contributed by atoms with Gasteiger partial charge >= 0.3 is 0 Å². The molecule has 1 unspecified atom stereocenters. The topological polar surface area (TPSA) is 107 Å². The largest absolute Gasteiger partial charge is 0.363 e. The van der Waals surface area contributed by atoms with Crippen LogP contribution in [0.5, 0.6) is 0 Å². The van der Waals surface area contributed by atoms with Crippen molar-refractivity contribution in [3.05, 3.63) is 77.7 Å². The molecule has 0 fully saturated rings. The number of hydrogen-bond donors (Lipinski definition) is 2. The van der Waals surface area contributed by atoms with Crippen molar-refractivity contribution in [3.63, 3.8) is 0 Å². The van der Waals surface area contributed by atoms with Gasteiger partial charge in [0.1, 0.15) is 17.6 Å². The van der Waals surface area contributed by atoms with Gasteiger partial charge in [-0.25, -0.2) is 4.39 Å². The normalized spacial score (nSPS) is 11.7. The van der Waals surface area contributed by atoms with E-state index in [1.54, 1.807) is 37.4 Å². The van der Waals surface area contributed by atoms with E-state index in [1.165, 1.54) is 29.1 Å². The van der Waals surface area contributed by atoms with Crippen molar-refractivity contribution in [2.45, 2.75) is 12.5 Å². The molecule has 7 nitrogen and oxygen atoms in total. The second kappa shape index (κ2) is 8.47. The minimum atomic E-state index is -1.14. The Bertz CT molecular complexity index is 1060. The van der Waals surface area contributed by atoms with Gasteiger partial charge in [0.15, 0.2) is 0 Å². The molecule has 0 aliphatic rings. The number of aryl methyl sites for hydroxylation is 1. The molecule has 0 aliphatic carbocycles. The number of halogens is 1. The van der Waals surface area contributed by atoms with Crippen LogP contribution in [0.25, 0.3) is 11.3 Å². The lowest BCUT2D eigenvalue weighted by molar-refractivity contribution is -0.137. The van der Waals surface area contributed by atoms with Crippen LogP contribution in [0.2, 0.25) is 0 Å². The van der Waals surface area contributed by atoms with Crippen LogP contribution in [0.3, 0.4) is 0 Å². The fraction of sp³-hybridized carbons (Fsp3) is 0.143. The lowest BCUT2D eigenvalue weighted by Crippen LogP contribution is -2.47. The van der Waals surface area contributed by atoms with Gasteiger partial charge in [0, 0.05) is 25.2 Å². The smallest absolute Gasteiger partial charge is 0.287 e. The summed E-state index contributed by atoms with van der Waals surface area (Å²) >= 11 is 0. The Hall–Kier alpha value is -3.81. The predicted octanol–water partition coefficient (Wildman–Crippen LogP) is 1.62. The maximum absolute atomic E-state index is 13.6. The van der Waals surface area contributed by atoms with Gasteiger partial charge in [-0.05, 0) is 17.7 Å². The summed E-state index contributed by atoms with van der Waals surface area (Å²) < 4.78 is 15.0. The molecule has 0 saturated heterocycles. The van der Waals surface area contributed by atoms with Gasteiger partial charge in [0.05, 0.1) is 5.56 Å². The Kier molecular flexibility index (Phi) is 5.82. The van der Waals surface area contributed by atoms with E-state index in [0.29, 0.717) is 5.56 Å². The molecular formula is C21H19FN4O3. The number of carbonyl (C=O) groups is 3. The van der Waals surface area contributed by atoms with Crippen LogP contribution in [-0.2, 0) is 23.1 Å². The summed E-state index contributed by atoms with van der Waals surface area (Å²) in [6.07, 6.45) is 1.56. The first-order chi connectivity index (χ1) is 13.8. The molecular weight excluding hydrogens is 375 g/mol. The summed E-state index contributed by atoms with van der Waals surface area (Å²) in [7, 11) is 1.62. The molecule has 3 N–H and O–H groups in total. The van der Waals surface area contributed by atoms with Crippen LogP contribution >= 0.6 is 0 Å². The number of nitrogens with zero attached hydrogens (tertiary/aromatic N) is 2. The average molecular weight is 394 g/mol. The lowest BCUT2D eigenvalue weighted by Gasteiger charge is -2.16. The Morgan fingerprint density at radius 2 is 1.86 bits per heavy atom. The van der Waals surface area contributed by atoms with Crippen molar-refractivity contribution in [2.75, 3.05) is 0 Å². The summed E-state index contributed by atoms with van der Waals surface area (Å²) in [5, 5.41) is 6.79. The van der Waals surface area contributed by atoms with Crippen LogP contribution in [0.1, 0.15) is 15.9 Å². The van der Waals surface area contributed by atoms with Crippen LogP contribution in [0.15, 0.2) is 60.8 Å². The van der Waals surface area contributed by atoms with E-state index < -0.39 is 29.5 Å². The summed E-state index contributed by atoms with van der Waals surface area (Å²) in [5.74, 6) is -3.13. The van der Waals surface area contributed by atoms with E-state index in [9.17, 15) is 18.8 Å². The molecule has 148 valence electrons. The van der Waals surface area contributed by atoms with Crippen molar-refractivity contribution in [3.8, 4) is 11.3 Å². The van der Waals surface area contributed by atoms with Gasteiger partial charge in [-0.1, -0.05) is 42.5 Å². The van der Waals surface area contributed by atoms with Crippen LogP contribution in [0, 0.1) is 5.82 Å². The van der Waals surface area contributed by atoms with Crippen molar-refractivity contribution < 1.29 is 18.8 Å². The number of ketones is 1. The summed E-state index contributed by atoms with van der Waals surface area (Å²) in [5.41, 5.74) is 6.72. The first-order valence-electron chi connectivity index (χ1n) is 8.83. The third-order valence-corrected chi connectivity index (χ3v) is 4.32. The van der Waals surface area contributed by atoms with Crippen molar-refractivity contribution >= 4 is 17.6 Å².